The number of aromatic nitrogens is 5. The van der Waals surface area contributed by atoms with E-state index in [1.807, 2.05) is 36.7 Å². The monoisotopic (exact) mass is 1140 g/mol. The fourth-order valence-electron chi connectivity index (χ4n) is 11.9. The summed E-state index contributed by atoms with van der Waals surface area (Å²) in [6.45, 7) is 30.6. The Bertz CT molecular complexity index is 3820. The van der Waals surface area contributed by atoms with Crippen molar-refractivity contribution in [2.75, 3.05) is 0 Å². The Kier molecular flexibility index (Phi) is 11.0. The smallest absolute Gasteiger partial charge is 0.242 e. The van der Waals surface area contributed by atoms with Crippen LogP contribution in [0.5, 0.6) is 11.5 Å². The number of fused-ring (bicyclic) bond motifs is 12. The number of ether oxygens (including phenoxy) is 1. The summed E-state index contributed by atoms with van der Waals surface area (Å²) in [5.74, 6) is 2.00. The van der Waals surface area contributed by atoms with E-state index >= 15 is 0 Å². The molecule has 10 aromatic rings. The van der Waals surface area contributed by atoms with Crippen LogP contribution in [0.2, 0.25) is 0 Å². The van der Waals surface area contributed by atoms with Crippen LogP contribution in [-0.4, -0.2) is 19.1 Å². The van der Waals surface area contributed by atoms with Gasteiger partial charge < -0.3 is 18.4 Å². The van der Waals surface area contributed by atoms with Gasteiger partial charge in [-0.3, -0.25) is 4.98 Å². The topological polar surface area (TPSA) is 48.8 Å². The summed E-state index contributed by atoms with van der Waals surface area (Å²) < 4.78 is 13.6. The molecule has 7 heteroatoms. The molecular formula is C66H63N5OPt-2. The minimum atomic E-state index is -0.703. The number of pyridine rings is 2. The molecular weight excluding hydrogens is 1070 g/mol. The van der Waals surface area contributed by atoms with Crippen molar-refractivity contribution in [1.29, 1.82) is 0 Å². The molecule has 4 aromatic heterocycles. The first-order valence-corrected chi connectivity index (χ1v) is 25.5. The summed E-state index contributed by atoms with van der Waals surface area (Å²) in [6, 6.07) is 49.9. The molecule has 0 saturated carbocycles. The number of nitrogens with zero attached hydrogens (tertiary/aromatic N) is 5. The Morgan fingerprint density at radius 3 is 1.84 bits per heavy atom. The third-order valence-corrected chi connectivity index (χ3v) is 15.5. The molecule has 1 spiro atoms. The SMILES string of the molecule is Cc1cc(-n2c3[c-]c(Oc4[c-]c5c(cc4)C4(c6c(cc(C(C)(C)C)cc6C(C)(C)C)-c6cc(C(C)(C)C)cc(C(C)(C)C)c64)c4cccc6c4n-5[c-][n+]6C)ccc3c3ccccc32)ncc1-c1ccccn1.[Pt]. The van der Waals surface area contributed by atoms with Crippen molar-refractivity contribution in [1.82, 2.24) is 19.1 Å². The summed E-state index contributed by atoms with van der Waals surface area (Å²) in [5.41, 5.74) is 20.1. The van der Waals surface area contributed by atoms with E-state index in [4.69, 9.17) is 9.72 Å². The molecule has 12 rings (SSSR count). The summed E-state index contributed by atoms with van der Waals surface area (Å²) in [6.07, 6.45) is 7.50. The van der Waals surface area contributed by atoms with Gasteiger partial charge in [0.25, 0.3) is 0 Å². The van der Waals surface area contributed by atoms with Crippen molar-refractivity contribution in [3.63, 3.8) is 0 Å². The normalized spacial score (nSPS) is 13.9. The Morgan fingerprint density at radius 2 is 1.22 bits per heavy atom. The van der Waals surface area contributed by atoms with Gasteiger partial charge in [0.1, 0.15) is 5.82 Å². The van der Waals surface area contributed by atoms with Gasteiger partial charge in [-0.15, -0.1) is 35.2 Å². The van der Waals surface area contributed by atoms with Gasteiger partial charge in [0.05, 0.1) is 23.8 Å². The van der Waals surface area contributed by atoms with Gasteiger partial charge in [0, 0.05) is 61.5 Å². The molecule has 5 heterocycles. The minimum Gasteiger partial charge on any atom is -0.510 e. The molecule has 6 aromatic carbocycles. The van der Waals surface area contributed by atoms with Crippen LogP contribution in [-0.2, 0) is 55.2 Å². The molecule has 0 bridgehead atoms. The van der Waals surface area contributed by atoms with E-state index in [-0.39, 0.29) is 42.7 Å². The van der Waals surface area contributed by atoms with Crippen molar-refractivity contribution in [2.24, 2.45) is 7.05 Å². The van der Waals surface area contributed by atoms with E-state index < -0.39 is 5.41 Å². The Balaban J connectivity index is 0.00000574. The third kappa shape index (κ3) is 7.32. The summed E-state index contributed by atoms with van der Waals surface area (Å²) in [7, 11) is 2.11. The van der Waals surface area contributed by atoms with Crippen LogP contribution in [0.1, 0.15) is 133 Å². The molecule has 0 saturated heterocycles. The number of hydrogen-bond acceptors (Lipinski definition) is 3. The fraction of sp³-hybridized carbons (Fsp3) is 0.288. The molecule has 6 nitrogen and oxygen atoms in total. The van der Waals surface area contributed by atoms with E-state index in [2.05, 4.69) is 225 Å². The molecule has 0 fully saturated rings. The molecule has 2 aliphatic rings. The molecule has 0 radical (unpaired) electrons. The number of aryl methyl sites for hydroxylation is 2. The summed E-state index contributed by atoms with van der Waals surface area (Å²) in [5, 5.41) is 2.20. The van der Waals surface area contributed by atoms with Crippen molar-refractivity contribution in [3.05, 3.63) is 196 Å². The van der Waals surface area contributed by atoms with Gasteiger partial charge >= 0.3 is 0 Å². The maximum absolute atomic E-state index is 7.00. The molecule has 1 aliphatic heterocycles. The Labute approximate surface area is 445 Å². The van der Waals surface area contributed by atoms with E-state index in [0.29, 0.717) is 11.5 Å². The number of para-hydroxylation sites is 2. The van der Waals surface area contributed by atoms with Gasteiger partial charge in [-0.1, -0.05) is 161 Å². The van der Waals surface area contributed by atoms with Gasteiger partial charge in [0.2, 0.25) is 6.33 Å². The predicted molar refractivity (Wildman–Crippen MR) is 293 cm³/mol. The number of benzene rings is 6. The van der Waals surface area contributed by atoms with Crippen LogP contribution < -0.4 is 9.30 Å². The molecule has 0 atom stereocenters. The average molecular weight is 1140 g/mol. The third-order valence-electron chi connectivity index (χ3n) is 15.5. The maximum Gasteiger partial charge on any atom is 0.242 e. The largest absolute Gasteiger partial charge is 0.510 e. The van der Waals surface area contributed by atoms with E-state index in [1.165, 1.54) is 55.6 Å². The second kappa shape index (κ2) is 16.4. The van der Waals surface area contributed by atoms with E-state index in [1.54, 1.807) is 0 Å². The molecule has 73 heavy (non-hydrogen) atoms. The Morgan fingerprint density at radius 1 is 0.589 bits per heavy atom. The van der Waals surface area contributed by atoms with E-state index in [9.17, 15) is 0 Å². The van der Waals surface area contributed by atoms with Gasteiger partial charge in [-0.05, 0) is 114 Å². The quantitative estimate of drug-likeness (QED) is 0.130. The van der Waals surface area contributed by atoms with Crippen LogP contribution in [0.15, 0.2) is 128 Å². The first kappa shape index (κ1) is 48.6. The van der Waals surface area contributed by atoms with Crippen molar-refractivity contribution >= 4 is 32.8 Å². The van der Waals surface area contributed by atoms with Crippen LogP contribution in [0.3, 0.4) is 0 Å². The molecule has 0 N–H and O–H groups in total. The zero-order valence-electron chi connectivity index (χ0n) is 44.6. The summed E-state index contributed by atoms with van der Waals surface area (Å²) >= 11 is 0. The molecule has 0 unspecified atom stereocenters. The average Bonchev–Trinajstić information content (AvgIpc) is 3.95. The molecule has 1 aliphatic carbocycles. The number of hydrogen-bond donors (Lipinski definition) is 0. The standard InChI is InChI=1S/C66H63N5O.Pt/c1-39-30-58(68-37-48(39)53-22-17-18-29-67-53)71-54-23-16-15-20-44(54)45-27-25-42(35-56(45)71)72-43-26-28-49-57(36-43)70-38-69(14)55-24-19-21-50(61(55)70)66(49)59-46(31-40(62(2,3)4)33-51(59)64(8,9)10)47-32-41(63(5,6)7)34-52(60(47)66)65(11,12)13;/h15-34,37H,1-14H3;/q-2;. The van der Waals surface area contributed by atoms with Crippen LogP contribution >= 0.6 is 0 Å². The van der Waals surface area contributed by atoms with Crippen molar-refractivity contribution < 1.29 is 30.4 Å². The minimum absolute atomic E-state index is 0. The van der Waals surface area contributed by atoms with Crippen molar-refractivity contribution in [2.45, 2.75) is 117 Å². The molecule has 370 valence electrons. The first-order valence-electron chi connectivity index (χ1n) is 25.5. The second-order valence-corrected chi connectivity index (χ2v) is 24.5. The number of imidazole rings is 1. The van der Waals surface area contributed by atoms with Gasteiger partial charge in [-0.2, -0.15) is 12.1 Å². The Hall–Kier alpha value is -6.62. The number of rotatable bonds is 4. The first-order chi connectivity index (χ1) is 34.0. The van der Waals surface area contributed by atoms with Crippen LogP contribution in [0.25, 0.3) is 66.7 Å². The van der Waals surface area contributed by atoms with Gasteiger partial charge in [-0.25, -0.2) is 4.98 Å². The maximum atomic E-state index is 7.00. The summed E-state index contributed by atoms with van der Waals surface area (Å²) in [4.78, 5) is 9.67. The second-order valence-electron chi connectivity index (χ2n) is 24.5. The van der Waals surface area contributed by atoms with Crippen LogP contribution in [0.4, 0.5) is 0 Å². The molecule has 0 amide bonds. The zero-order chi connectivity index (χ0) is 50.6. The fourth-order valence-corrected chi connectivity index (χ4v) is 11.9. The predicted octanol–water partition coefficient (Wildman–Crippen LogP) is 15.4. The van der Waals surface area contributed by atoms with E-state index in [0.717, 1.165) is 61.2 Å². The van der Waals surface area contributed by atoms with Gasteiger partial charge in [0.15, 0.2) is 0 Å². The van der Waals surface area contributed by atoms with Crippen LogP contribution in [0, 0.1) is 25.4 Å². The van der Waals surface area contributed by atoms with Crippen molar-refractivity contribution in [3.8, 4) is 45.4 Å². The zero-order valence-corrected chi connectivity index (χ0v) is 46.9.